The molecule has 1 saturated carbocycles. The first-order valence-electron chi connectivity index (χ1n) is 12.4. The summed E-state index contributed by atoms with van der Waals surface area (Å²) in [5, 5.41) is 15.9. The molecule has 1 atom stereocenters. The van der Waals surface area contributed by atoms with E-state index in [0.717, 1.165) is 18.9 Å². The van der Waals surface area contributed by atoms with Crippen molar-refractivity contribution < 1.29 is 19.1 Å². The maximum atomic E-state index is 14.8. The molecule has 1 aliphatic carbocycles. The Labute approximate surface area is 227 Å². The van der Waals surface area contributed by atoms with Gasteiger partial charge in [0.15, 0.2) is 5.65 Å². The largest absolute Gasteiger partial charge is 0.465 e. The van der Waals surface area contributed by atoms with Crippen LogP contribution < -0.4 is 16.4 Å². The molecule has 5 rings (SSSR count). The number of piperidine rings is 1. The van der Waals surface area contributed by atoms with E-state index in [9.17, 15) is 19.1 Å². The minimum absolute atomic E-state index is 0.0284. The topological polar surface area (TPSA) is 151 Å². The third kappa shape index (κ3) is 5.41. The number of aromatic nitrogens is 4. The fraction of sp³-hybridized carbons (Fsp3) is 0.458. The van der Waals surface area contributed by atoms with Crippen LogP contribution in [0, 0.1) is 11.7 Å². The lowest BCUT2D eigenvalue weighted by atomic mass is 9.85. The Bertz CT molecular complexity index is 1360. The number of primary amides is 1. The van der Waals surface area contributed by atoms with Gasteiger partial charge in [-0.25, -0.2) is 19.2 Å². The molecule has 2 fully saturated rings. The van der Waals surface area contributed by atoms with Crippen molar-refractivity contribution in [2.75, 3.05) is 23.7 Å². The van der Waals surface area contributed by atoms with E-state index >= 15 is 0 Å². The Balaban J connectivity index is 1.50. The molecule has 1 aromatic carbocycles. The zero-order valence-electron chi connectivity index (χ0n) is 20.3. The highest BCUT2D eigenvalue weighted by Crippen LogP contribution is 2.38. The Hall–Kier alpha value is -3.38. The molecule has 0 radical (unpaired) electrons. The van der Waals surface area contributed by atoms with Gasteiger partial charge < -0.3 is 26.4 Å². The van der Waals surface area contributed by atoms with Gasteiger partial charge in [-0.3, -0.25) is 9.36 Å². The molecule has 1 aliphatic heterocycles. The average molecular weight is 565 g/mol. The normalized spacial score (nSPS) is 21.9. The van der Waals surface area contributed by atoms with Gasteiger partial charge in [0.05, 0.1) is 16.9 Å². The summed E-state index contributed by atoms with van der Waals surface area (Å²) < 4.78 is 16.7. The molecule has 38 heavy (non-hydrogen) atoms. The second kappa shape index (κ2) is 10.8. The molecular formula is C24H27Cl2FN8O3. The number of nitrogens with one attached hydrogen (secondary N) is 2. The quantitative estimate of drug-likeness (QED) is 0.333. The van der Waals surface area contributed by atoms with Crippen molar-refractivity contribution in [1.29, 1.82) is 0 Å². The summed E-state index contributed by atoms with van der Waals surface area (Å²) in [6.07, 6.45) is 4.63. The van der Waals surface area contributed by atoms with E-state index in [-0.39, 0.29) is 39.6 Å². The van der Waals surface area contributed by atoms with Crippen molar-refractivity contribution >= 4 is 64.0 Å². The van der Waals surface area contributed by atoms with Crippen molar-refractivity contribution in [3.05, 3.63) is 34.2 Å². The van der Waals surface area contributed by atoms with Crippen molar-refractivity contribution in [2.45, 2.75) is 50.6 Å². The third-order valence-corrected chi connectivity index (χ3v) is 7.68. The van der Waals surface area contributed by atoms with Crippen LogP contribution in [0.1, 0.15) is 44.6 Å². The van der Waals surface area contributed by atoms with Crippen LogP contribution >= 0.6 is 23.2 Å². The van der Waals surface area contributed by atoms with E-state index < -0.39 is 11.9 Å². The van der Waals surface area contributed by atoms with Crippen molar-refractivity contribution in [3.63, 3.8) is 0 Å². The molecule has 3 heterocycles. The second-order valence-electron chi connectivity index (χ2n) is 9.70. The van der Waals surface area contributed by atoms with Gasteiger partial charge >= 0.3 is 6.09 Å². The van der Waals surface area contributed by atoms with E-state index in [1.165, 1.54) is 11.0 Å². The average Bonchev–Trinajstić information content (AvgIpc) is 3.23. The number of rotatable bonds is 6. The zero-order valence-corrected chi connectivity index (χ0v) is 21.8. The van der Waals surface area contributed by atoms with Gasteiger partial charge in [0.2, 0.25) is 17.8 Å². The van der Waals surface area contributed by atoms with Gasteiger partial charge in [0.1, 0.15) is 11.3 Å². The fourth-order valence-corrected chi connectivity index (χ4v) is 5.75. The Morgan fingerprint density at radius 3 is 2.58 bits per heavy atom. The van der Waals surface area contributed by atoms with Gasteiger partial charge in [0, 0.05) is 36.1 Å². The number of carbonyl (C=O) groups is 2. The zero-order chi connectivity index (χ0) is 27.0. The highest BCUT2D eigenvalue weighted by atomic mass is 35.5. The summed E-state index contributed by atoms with van der Waals surface area (Å²) in [6.45, 7) is 0.821. The van der Waals surface area contributed by atoms with Crippen molar-refractivity contribution in [3.8, 4) is 0 Å². The highest BCUT2D eigenvalue weighted by molar-refractivity contribution is 6.36. The van der Waals surface area contributed by atoms with Crippen LogP contribution in [0.2, 0.25) is 10.0 Å². The van der Waals surface area contributed by atoms with Crippen LogP contribution in [0.15, 0.2) is 18.3 Å². The SMILES string of the molecule is NC(=O)[C@H]1CC[C@@H](n2c(Nc3c(F)cc(Cl)cc3Cl)nc3cnc(NC4CCCN(C(=O)O)C4)nc32)CC1. The molecule has 1 saturated heterocycles. The predicted octanol–water partition coefficient (Wildman–Crippen LogP) is 4.79. The molecule has 0 bridgehead atoms. The van der Waals surface area contributed by atoms with Crippen LogP contribution in [0.4, 0.5) is 26.8 Å². The van der Waals surface area contributed by atoms with E-state index in [1.54, 1.807) is 6.20 Å². The van der Waals surface area contributed by atoms with E-state index in [0.29, 0.717) is 61.8 Å². The Morgan fingerprint density at radius 1 is 1.13 bits per heavy atom. The lowest BCUT2D eigenvalue weighted by Gasteiger charge is -2.31. The summed E-state index contributed by atoms with van der Waals surface area (Å²) in [5.41, 5.74) is 6.56. The number of hydrogen-bond donors (Lipinski definition) is 4. The van der Waals surface area contributed by atoms with Gasteiger partial charge in [-0.15, -0.1) is 0 Å². The molecule has 202 valence electrons. The smallest absolute Gasteiger partial charge is 0.407 e. The van der Waals surface area contributed by atoms with Crippen LogP contribution in [0.3, 0.4) is 0 Å². The number of amides is 2. The maximum absolute atomic E-state index is 14.8. The number of nitrogens with two attached hydrogens (primary N) is 1. The number of anilines is 3. The van der Waals surface area contributed by atoms with Gasteiger partial charge in [-0.05, 0) is 50.7 Å². The van der Waals surface area contributed by atoms with Gasteiger partial charge in [0.25, 0.3) is 0 Å². The summed E-state index contributed by atoms with van der Waals surface area (Å²) in [4.78, 5) is 38.2. The first-order chi connectivity index (χ1) is 18.2. The number of carboxylic acid groups (broad SMARTS) is 1. The minimum Gasteiger partial charge on any atom is -0.465 e. The van der Waals surface area contributed by atoms with E-state index in [1.807, 2.05) is 4.57 Å². The standard InChI is InChI=1S/C24H27Cl2FN8O3/c25-13-8-16(26)19(17(27)9-13)32-23-31-18-10-29-22(30-14-2-1-7-34(11-14)24(37)38)33-21(18)35(23)15-5-3-12(4-6-15)20(28)36/h8-10,12,14-15H,1-7,11H2,(H2,28,36)(H,31,32)(H,37,38)(H,29,30,33)/t12-,14?,15+. The van der Waals surface area contributed by atoms with Crippen LogP contribution in [-0.4, -0.2) is 60.7 Å². The van der Waals surface area contributed by atoms with Crippen LogP contribution in [-0.2, 0) is 4.79 Å². The molecule has 2 amide bonds. The molecule has 14 heteroatoms. The molecule has 0 spiro atoms. The molecule has 11 nitrogen and oxygen atoms in total. The van der Waals surface area contributed by atoms with Crippen molar-refractivity contribution in [2.24, 2.45) is 11.7 Å². The maximum Gasteiger partial charge on any atom is 0.407 e. The molecule has 3 aromatic rings. The summed E-state index contributed by atoms with van der Waals surface area (Å²) in [7, 11) is 0. The number of carbonyl (C=O) groups excluding carboxylic acids is 1. The lowest BCUT2D eigenvalue weighted by molar-refractivity contribution is -0.122. The number of nitrogens with zero attached hydrogens (tertiary/aromatic N) is 5. The molecular weight excluding hydrogens is 538 g/mol. The van der Waals surface area contributed by atoms with E-state index in [2.05, 4.69) is 20.6 Å². The molecule has 1 unspecified atom stereocenters. The number of likely N-dealkylation sites (tertiary alicyclic amines) is 1. The number of imidazole rings is 1. The number of fused-ring (bicyclic) bond motifs is 1. The molecule has 2 aromatic heterocycles. The molecule has 5 N–H and O–H groups in total. The Kier molecular flexibility index (Phi) is 7.44. The monoisotopic (exact) mass is 564 g/mol. The second-order valence-corrected chi connectivity index (χ2v) is 10.5. The summed E-state index contributed by atoms with van der Waals surface area (Å²) in [5.74, 6) is -0.483. The van der Waals surface area contributed by atoms with Gasteiger partial charge in [-0.1, -0.05) is 23.2 Å². The number of halogens is 3. The minimum atomic E-state index is -0.957. The number of benzene rings is 1. The van der Waals surface area contributed by atoms with Crippen LogP contribution in [0.25, 0.3) is 11.2 Å². The molecule has 2 aliphatic rings. The summed E-state index contributed by atoms with van der Waals surface area (Å²) in [6, 6.07) is 2.37. The highest BCUT2D eigenvalue weighted by Gasteiger charge is 2.30. The van der Waals surface area contributed by atoms with E-state index in [4.69, 9.17) is 33.9 Å². The van der Waals surface area contributed by atoms with Gasteiger partial charge in [-0.2, -0.15) is 4.98 Å². The predicted molar refractivity (Wildman–Crippen MR) is 141 cm³/mol. The fourth-order valence-electron chi connectivity index (χ4n) is 5.24. The lowest BCUT2D eigenvalue weighted by Crippen LogP contribution is -2.44. The van der Waals surface area contributed by atoms with Crippen LogP contribution in [0.5, 0.6) is 0 Å². The number of hydrogen-bond acceptors (Lipinski definition) is 7. The Morgan fingerprint density at radius 2 is 1.89 bits per heavy atom. The van der Waals surface area contributed by atoms with Crippen molar-refractivity contribution in [1.82, 2.24) is 24.4 Å². The third-order valence-electron chi connectivity index (χ3n) is 7.17. The first-order valence-corrected chi connectivity index (χ1v) is 13.2. The summed E-state index contributed by atoms with van der Waals surface area (Å²) >= 11 is 12.2. The first kappa shape index (κ1) is 26.2.